The molecule has 0 fully saturated rings. The third-order valence-corrected chi connectivity index (χ3v) is 4.44. The second-order valence-electron chi connectivity index (χ2n) is 6.51. The van der Waals surface area contributed by atoms with Crippen LogP contribution in [0.15, 0.2) is 77.9 Å². The van der Waals surface area contributed by atoms with Gasteiger partial charge in [-0.15, -0.1) is 0 Å². The number of nitrogens with one attached hydrogen (secondary N) is 1. The van der Waals surface area contributed by atoms with Crippen LogP contribution in [0.1, 0.15) is 23.6 Å². The van der Waals surface area contributed by atoms with Crippen LogP contribution in [0.3, 0.4) is 0 Å². The summed E-state index contributed by atoms with van der Waals surface area (Å²) < 4.78 is 11.6. The van der Waals surface area contributed by atoms with Crippen LogP contribution in [0.2, 0.25) is 5.02 Å². The molecule has 1 N–H and O–H groups in total. The van der Waals surface area contributed by atoms with Gasteiger partial charge in [0, 0.05) is 5.02 Å². The first-order valence-corrected chi connectivity index (χ1v) is 10.0. The first-order chi connectivity index (χ1) is 14.6. The second kappa shape index (κ2) is 11.0. The molecule has 154 valence electrons. The maximum absolute atomic E-state index is 12.0. The van der Waals surface area contributed by atoms with Crippen molar-refractivity contribution in [2.45, 2.75) is 20.0 Å². The first-order valence-electron chi connectivity index (χ1n) is 9.64. The Labute approximate surface area is 181 Å². The minimum atomic E-state index is -0.176. The molecule has 0 aromatic heterocycles. The number of halogens is 1. The molecule has 0 aliphatic rings. The molecule has 0 aliphatic carbocycles. The number of hydrogen-bond acceptors (Lipinski definition) is 4. The Bertz CT molecular complexity index is 989. The van der Waals surface area contributed by atoms with Crippen LogP contribution >= 0.6 is 11.6 Å². The summed E-state index contributed by atoms with van der Waals surface area (Å²) in [5.41, 5.74) is 5.28. The molecule has 0 saturated carbocycles. The molecule has 3 rings (SSSR count). The zero-order chi connectivity index (χ0) is 21.2. The second-order valence-corrected chi connectivity index (χ2v) is 6.95. The van der Waals surface area contributed by atoms with Gasteiger partial charge in [0.05, 0.1) is 19.2 Å². The molecule has 0 spiro atoms. The first kappa shape index (κ1) is 21.4. The fourth-order valence-electron chi connectivity index (χ4n) is 2.73. The molecule has 0 saturated heterocycles. The largest absolute Gasteiger partial charge is 0.490 e. The number of carbonyl (C=O) groups excluding carboxylic acids is 1. The molecule has 6 heteroatoms. The van der Waals surface area contributed by atoms with E-state index in [9.17, 15) is 4.79 Å². The van der Waals surface area contributed by atoms with Crippen LogP contribution in [0.5, 0.6) is 11.5 Å². The van der Waals surface area contributed by atoms with Crippen molar-refractivity contribution in [3.05, 3.63) is 94.5 Å². The number of ether oxygens (including phenoxy) is 2. The van der Waals surface area contributed by atoms with Gasteiger partial charge >= 0.3 is 0 Å². The van der Waals surface area contributed by atoms with Crippen molar-refractivity contribution in [1.29, 1.82) is 0 Å². The maximum atomic E-state index is 12.0. The molecule has 3 aromatic rings. The Morgan fingerprint density at radius 3 is 2.47 bits per heavy atom. The van der Waals surface area contributed by atoms with E-state index in [0.29, 0.717) is 29.7 Å². The van der Waals surface area contributed by atoms with Gasteiger partial charge in [0.1, 0.15) is 6.61 Å². The Hall–Kier alpha value is -3.31. The summed E-state index contributed by atoms with van der Waals surface area (Å²) in [5, 5.41) is 4.73. The highest BCUT2D eigenvalue weighted by molar-refractivity contribution is 6.30. The van der Waals surface area contributed by atoms with E-state index in [4.69, 9.17) is 21.1 Å². The summed E-state index contributed by atoms with van der Waals surface area (Å²) in [4.78, 5) is 12.0. The van der Waals surface area contributed by atoms with Crippen molar-refractivity contribution >= 4 is 23.7 Å². The van der Waals surface area contributed by atoms with Gasteiger partial charge in [0.25, 0.3) is 0 Å². The van der Waals surface area contributed by atoms with E-state index < -0.39 is 0 Å². The number of carbonyl (C=O) groups is 1. The zero-order valence-electron chi connectivity index (χ0n) is 16.7. The molecule has 0 unspecified atom stereocenters. The third-order valence-electron chi connectivity index (χ3n) is 4.19. The molecule has 3 aromatic carbocycles. The monoisotopic (exact) mass is 422 g/mol. The molecular weight excluding hydrogens is 400 g/mol. The van der Waals surface area contributed by atoms with Gasteiger partial charge in [0.15, 0.2) is 11.5 Å². The Balaban J connectivity index is 1.60. The van der Waals surface area contributed by atoms with E-state index in [1.807, 2.05) is 79.7 Å². The fourth-order valence-corrected chi connectivity index (χ4v) is 2.86. The van der Waals surface area contributed by atoms with Gasteiger partial charge in [-0.2, -0.15) is 5.10 Å². The predicted molar refractivity (Wildman–Crippen MR) is 119 cm³/mol. The summed E-state index contributed by atoms with van der Waals surface area (Å²) in [6.45, 7) is 2.82. The summed E-state index contributed by atoms with van der Waals surface area (Å²) in [6.07, 6.45) is 1.86. The predicted octanol–water partition coefficient (Wildman–Crippen LogP) is 5.01. The average molecular weight is 423 g/mol. The summed E-state index contributed by atoms with van der Waals surface area (Å²) in [6, 6.07) is 22.5. The van der Waals surface area contributed by atoms with Crippen LogP contribution in [0, 0.1) is 0 Å². The maximum Gasteiger partial charge on any atom is 0.244 e. The van der Waals surface area contributed by atoms with Gasteiger partial charge in [-0.3, -0.25) is 4.79 Å². The number of hydrogen-bond donors (Lipinski definition) is 1. The zero-order valence-corrected chi connectivity index (χ0v) is 17.4. The lowest BCUT2D eigenvalue weighted by Gasteiger charge is -2.12. The van der Waals surface area contributed by atoms with Gasteiger partial charge in [-0.05, 0) is 53.9 Å². The summed E-state index contributed by atoms with van der Waals surface area (Å²) in [7, 11) is 0. The lowest BCUT2D eigenvalue weighted by Crippen LogP contribution is -2.19. The standard InChI is InChI=1S/C24H23ClN2O3/c1-2-29-23-14-20(16-26-27-24(28)15-18-6-4-3-5-7-18)10-13-22(23)30-17-19-8-11-21(25)12-9-19/h3-14,16H,2,15,17H2,1H3,(H,27,28)/b26-16+. The fraction of sp³-hybridized carbons (Fsp3) is 0.167. The molecule has 5 nitrogen and oxygen atoms in total. The van der Waals surface area contributed by atoms with E-state index in [1.165, 1.54) is 0 Å². The molecule has 30 heavy (non-hydrogen) atoms. The topological polar surface area (TPSA) is 59.9 Å². The van der Waals surface area contributed by atoms with Crippen molar-refractivity contribution in [1.82, 2.24) is 5.43 Å². The van der Waals surface area contributed by atoms with Crippen molar-refractivity contribution in [2.75, 3.05) is 6.61 Å². The molecule has 1 amide bonds. The Kier molecular flexibility index (Phi) is 7.86. The van der Waals surface area contributed by atoms with Gasteiger partial charge < -0.3 is 9.47 Å². The molecular formula is C24H23ClN2O3. The number of hydrazone groups is 1. The van der Waals surface area contributed by atoms with Crippen LogP contribution in [0.25, 0.3) is 0 Å². The van der Waals surface area contributed by atoms with E-state index in [2.05, 4.69) is 10.5 Å². The number of nitrogens with zero attached hydrogens (tertiary/aromatic N) is 1. The van der Waals surface area contributed by atoms with Crippen LogP contribution < -0.4 is 14.9 Å². The quantitative estimate of drug-likeness (QED) is 0.389. The minimum absolute atomic E-state index is 0.176. The van der Waals surface area contributed by atoms with E-state index in [0.717, 1.165) is 16.7 Å². The normalized spacial score (nSPS) is 10.7. The molecule has 0 heterocycles. The number of rotatable bonds is 9. The summed E-state index contributed by atoms with van der Waals surface area (Å²) >= 11 is 5.91. The van der Waals surface area contributed by atoms with Gasteiger partial charge in [-0.25, -0.2) is 5.43 Å². The van der Waals surface area contributed by atoms with E-state index >= 15 is 0 Å². The molecule has 0 radical (unpaired) electrons. The highest BCUT2D eigenvalue weighted by atomic mass is 35.5. The summed E-state index contributed by atoms with van der Waals surface area (Å²) in [5.74, 6) is 1.08. The van der Waals surface area contributed by atoms with Crippen molar-refractivity contribution < 1.29 is 14.3 Å². The average Bonchev–Trinajstić information content (AvgIpc) is 2.75. The molecule has 0 atom stereocenters. The van der Waals surface area contributed by atoms with E-state index in [1.54, 1.807) is 6.21 Å². The SMILES string of the molecule is CCOc1cc(/C=N/NC(=O)Cc2ccccc2)ccc1OCc1ccc(Cl)cc1. The van der Waals surface area contributed by atoms with Gasteiger partial charge in [-0.1, -0.05) is 54.1 Å². The Morgan fingerprint density at radius 2 is 1.73 bits per heavy atom. The van der Waals surface area contributed by atoms with Gasteiger partial charge in [0.2, 0.25) is 5.91 Å². The Morgan fingerprint density at radius 1 is 0.967 bits per heavy atom. The highest BCUT2D eigenvalue weighted by Crippen LogP contribution is 2.29. The smallest absolute Gasteiger partial charge is 0.244 e. The van der Waals surface area contributed by atoms with Crippen molar-refractivity contribution in [3.8, 4) is 11.5 Å². The highest BCUT2D eigenvalue weighted by Gasteiger charge is 2.07. The van der Waals surface area contributed by atoms with Crippen molar-refractivity contribution in [2.24, 2.45) is 5.10 Å². The van der Waals surface area contributed by atoms with Crippen LogP contribution in [-0.2, 0) is 17.8 Å². The number of amides is 1. The molecule has 0 aliphatic heterocycles. The number of benzene rings is 3. The van der Waals surface area contributed by atoms with Crippen molar-refractivity contribution in [3.63, 3.8) is 0 Å². The lowest BCUT2D eigenvalue weighted by atomic mass is 10.1. The lowest BCUT2D eigenvalue weighted by molar-refractivity contribution is -0.120. The van der Waals surface area contributed by atoms with Crippen LogP contribution in [0.4, 0.5) is 0 Å². The van der Waals surface area contributed by atoms with Crippen LogP contribution in [-0.4, -0.2) is 18.7 Å². The third kappa shape index (κ3) is 6.64. The minimum Gasteiger partial charge on any atom is -0.490 e. The van der Waals surface area contributed by atoms with E-state index in [-0.39, 0.29) is 12.3 Å². The molecule has 0 bridgehead atoms.